The lowest BCUT2D eigenvalue weighted by atomic mass is 9.79. The van der Waals surface area contributed by atoms with Gasteiger partial charge in [-0.1, -0.05) is 18.2 Å². The molecule has 0 heterocycles. The van der Waals surface area contributed by atoms with E-state index in [0.717, 1.165) is 5.56 Å². The molecule has 1 aromatic rings. The molecular weight excluding hydrogens is 203 g/mol. The van der Waals surface area contributed by atoms with Gasteiger partial charge in [-0.3, -0.25) is 0 Å². The van der Waals surface area contributed by atoms with Crippen LogP contribution in [0.4, 0.5) is 0 Å². The van der Waals surface area contributed by atoms with Gasteiger partial charge in [0.15, 0.2) is 0 Å². The van der Waals surface area contributed by atoms with E-state index >= 15 is 0 Å². The van der Waals surface area contributed by atoms with Crippen molar-refractivity contribution in [3.63, 3.8) is 0 Å². The van der Waals surface area contributed by atoms with Crippen molar-refractivity contribution < 1.29 is 10.0 Å². The normalized spacial score (nSPS) is 8.81. The molecule has 0 spiro atoms. The zero-order valence-electron chi connectivity index (χ0n) is 8.68. The van der Waals surface area contributed by atoms with Crippen molar-refractivity contribution in [3.05, 3.63) is 34.9 Å². The van der Waals surface area contributed by atoms with Gasteiger partial charge in [0.25, 0.3) is 0 Å². The molecule has 0 aliphatic carbocycles. The molecule has 0 aliphatic heterocycles. The second kappa shape index (κ2) is 5.13. The molecular formula is C11H9BN2O2. The molecule has 0 bridgehead atoms. The van der Waals surface area contributed by atoms with E-state index in [1.54, 1.807) is 31.2 Å². The van der Waals surface area contributed by atoms with Gasteiger partial charge in [-0.15, -0.1) is 0 Å². The summed E-state index contributed by atoms with van der Waals surface area (Å²) in [6.45, 7) is 1.77. The van der Waals surface area contributed by atoms with Gasteiger partial charge >= 0.3 is 7.12 Å². The van der Waals surface area contributed by atoms with Crippen LogP contribution >= 0.6 is 0 Å². The third-order valence-electron chi connectivity index (χ3n) is 2.13. The summed E-state index contributed by atoms with van der Waals surface area (Å²) in [7, 11) is -1.51. The molecule has 1 aromatic carbocycles. The Morgan fingerprint density at radius 3 is 2.38 bits per heavy atom. The minimum Gasteiger partial charge on any atom is -0.423 e. The van der Waals surface area contributed by atoms with Gasteiger partial charge in [-0.2, -0.15) is 10.5 Å². The van der Waals surface area contributed by atoms with Crippen molar-refractivity contribution in [1.82, 2.24) is 0 Å². The summed E-state index contributed by atoms with van der Waals surface area (Å²) in [5.74, 6) is 0. The van der Waals surface area contributed by atoms with Crippen LogP contribution in [0.25, 0.3) is 6.08 Å². The predicted molar refractivity (Wildman–Crippen MR) is 60.2 cm³/mol. The van der Waals surface area contributed by atoms with E-state index in [1.807, 2.05) is 0 Å². The Balaban J connectivity index is 3.16. The van der Waals surface area contributed by atoms with Crippen LogP contribution in [0.1, 0.15) is 11.1 Å². The number of hydrogen-bond donors (Lipinski definition) is 2. The number of nitriles is 2. The van der Waals surface area contributed by atoms with Crippen LogP contribution in [0, 0.1) is 29.6 Å². The van der Waals surface area contributed by atoms with Gasteiger partial charge in [-0.25, -0.2) is 0 Å². The number of aryl methyl sites for hydroxylation is 1. The van der Waals surface area contributed by atoms with E-state index in [2.05, 4.69) is 0 Å². The standard InChI is InChI=1S/C11H9BN2O2/c1-8-4-11(12(15)16)3-2-10(8)5-9(6-13)7-14/h2-5,15-16H,1H3. The number of allylic oxidation sites excluding steroid dienone is 1. The van der Waals surface area contributed by atoms with Gasteiger partial charge in [0.1, 0.15) is 17.7 Å². The molecule has 0 aromatic heterocycles. The fourth-order valence-corrected chi connectivity index (χ4v) is 1.27. The lowest BCUT2D eigenvalue weighted by Crippen LogP contribution is -2.29. The monoisotopic (exact) mass is 212 g/mol. The second-order valence-electron chi connectivity index (χ2n) is 3.27. The average molecular weight is 212 g/mol. The van der Waals surface area contributed by atoms with Crippen molar-refractivity contribution in [2.75, 3.05) is 0 Å². The quantitative estimate of drug-likeness (QED) is 0.537. The molecule has 0 atom stereocenters. The number of rotatable bonds is 2. The summed E-state index contributed by atoms with van der Waals surface area (Å²) >= 11 is 0. The average Bonchev–Trinajstić information content (AvgIpc) is 2.27. The topological polar surface area (TPSA) is 88.0 Å². The largest absolute Gasteiger partial charge is 0.488 e. The van der Waals surface area contributed by atoms with Gasteiger partial charge in [-0.05, 0) is 29.6 Å². The van der Waals surface area contributed by atoms with Crippen LogP contribution in [0.2, 0.25) is 0 Å². The molecule has 78 valence electrons. The Bertz CT molecular complexity index is 494. The fraction of sp³-hybridized carbons (Fsp3) is 0.0909. The maximum atomic E-state index is 8.95. The third-order valence-corrected chi connectivity index (χ3v) is 2.13. The summed E-state index contributed by atoms with van der Waals surface area (Å²) < 4.78 is 0. The van der Waals surface area contributed by atoms with E-state index in [-0.39, 0.29) is 5.57 Å². The molecule has 0 saturated carbocycles. The van der Waals surface area contributed by atoms with Crippen molar-refractivity contribution >= 4 is 18.7 Å². The highest BCUT2D eigenvalue weighted by Gasteiger charge is 2.11. The van der Waals surface area contributed by atoms with Gasteiger partial charge < -0.3 is 10.0 Å². The number of benzene rings is 1. The van der Waals surface area contributed by atoms with E-state index in [4.69, 9.17) is 20.6 Å². The Morgan fingerprint density at radius 1 is 1.31 bits per heavy atom. The zero-order valence-corrected chi connectivity index (χ0v) is 8.68. The van der Waals surface area contributed by atoms with E-state index < -0.39 is 7.12 Å². The van der Waals surface area contributed by atoms with Gasteiger partial charge in [0.2, 0.25) is 0 Å². The fourth-order valence-electron chi connectivity index (χ4n) is 1.27. The highest BCUT2D eigenvalue weighted by Crippen LogP contribution is 2.10. The van der Waals surface area contributed by atoms with Crippen molar-refractivity contribution in [3.8, 4) is 12.1 Å². The first-order chi connectivity index (χ1) is 7.58. The summed E-state index contributed by atoms with van der Waals surface area (Å²) in [5.41, 5.74) is 1.88. The Morgan fingerprint density at radius 2 is 1.94 bits per heavy atom. The lowest BCUT2D eigenvalue weighted by Gasteiger charge is -2.04. The minimum absolute atomic E-state index is 0.0143. The zero-order chi connectivity index (χ0) is 12.1. The molecule has 0 saturated heterocycles. The highest BCUT2D eigenvalue weighted by atomic mass is 16.4. The Hall–Kier alpha value is -2.08. The van der Waals surface area contributed by atoms with Crippen LogP contribution in [-0.4, -0.2) is 17.2 Å². The first kappa shape index (κ1) is 12.0. The second-order valence-corrected chi connectivity index (χ2v) is 3.27. The smallest absolute Gasteiger partial charge is 0.423 e. The van der Waals surface area contributed by atoms with Crippen LogP contribution in [0.15, 0.2) is 23.8 Å². The molecule has 2 N–H and O–H groups in total. The van der Waals surface area contributed by atoms with Crippen LogP contribution < -0.4 is 5.46 Å². The number of hydrogen-bond acceptors (Lipinski definition) is 4. The highest BCUT2D eigenvalue weighted by molar-refractivity contribution is 6.58. The van der Waals surface area contributed by atoms with Crippen LogP contribution in [0.5, 0.6) is 0 Å². The summed E-state index contributed by atoms with van der Waals surface area (Å²) in [4.78, 5) is 0. The van der Waals surface area contributed by atoms with Crippen LogP contribution in [-0.2, 0) is 0 Å². The summed E-state index contributed by atoms with van der Waals surface area (Å²) in [5, 5.41) is 35.1. The number of nitrogens with zero attached hydrogens (tertiary/aromatic N) is 2. The molecule has 0 unspecified atom stereocenters. The third kappa shape index (κ3) is 2.71. The molecule has 0 radical (unpaired) electrons. The summed E-state index contributed by atoms with van der Waals surface area (Å²) in [6, 6.07) is 8.31. The molecule has 5 heteroatoms. The first-order valence-electron chi connectivity index (χ1n) is 4.57. The molecule has 1 rings (SSSR count). The molecule has 4 nitrogen and oxygen atoms in total. The summed E-state index contributed by atoms with van der Waals surface area (Å²) in [6.07, 6.45) is 1.46. The molecule has 0 aliphatic rings. The van der Waals surface area contributed by atoms with Crippen molar-refractivity contribution in [1.29, 1.82) is 10.5 Å². The van der Waals surface area contributed by atoms with E-state index in [1.165, 1.54) is 12.1 Å². The minimum atomic E-state index is -1.51. The van der Waals surface area contributed by atoms with Gasteiger partial charge in [0, 0.05) is 0 Å². The van der Waals surface area contributed by atoms with Crippen molar-refractivity contribution in [2.24, 2.45) is 0 Å². The molecule has 16 heavy (non-hydrogen) atoms. The maximum Gasteiger partial charge on any atom is 0.488 e. The van der Waals surface area contributed by atoms with Crippen molar-refractivity contribution in [2.45, 2.75) is 6.92 Å². The van der Waals surface area contributed by atoms with Gasteiger partial charge in [0.05, 0.1) is 0 Å². The Kier molecular flexibility index (Phi) is 3.85. The molecule has 0 amide bonds. The molecule has 0 fully saturated rings. The van der Waals surface area contributed by atoms with E-state index in [9.17, 15) is 0 Å². The SMILES string of the molecule is Cc1cc(B(O)O)ccc1C=C(C#N)C#N. The lowest BCUT2D eigenvalue weighted by molar-refractivity contribution is 0.425. The first-order valence-corrected chi connectivity index (χ1v) is 4.57. The Labute approximate surface area is 93.8 Å². The van der Waals surface area contributed by atoms with E-state index in [0.29, 0.717) is 11.0 Å². The van der Waals surface area contributed by atoms with Crippen LogP contribution in [0.3, 0.4) is 0 Å². The predicted octanol–water partition coefficient (Wildman–Crippen LogP) is 0.105. The maximum absolute atomic E-state index is 8.95.